The zero-order valence-corrected chi connectivity index (χ0v) is 5.93. The second-order valence-electron chi connectivity index (χ2n) is 1.29. The molecule has 58 valence electrons. The van der Waals surface area contributed by atoms with E-state index in [-0.39, 0.29) is 5.75 Å². The van der Waals surface area contributed by atoms with Crippen LogP contribution in [-0.2, 0) is 10.1 Å². The average Bonchev–Trinajstić information content (AvgIpc) is 1.69. The molecule has 0 unspecified atom stereocenters. The predicted octanol–water partition coefficient (Wildman–Crippen LogP) is -0.381. The average molecular weight is 157 g/mol. The normalized spacial score (nSPS) is 9.78. The lowest BCUT2D eigenvalue weighted by molar-refractivity contribution is 0.311. The van der Waals surface area contributed by atoms with Crippen molar-refractivity contribution in [3.8, 4) is 0 Å². The minimum atomic E-state index is -3.67. The first-order valence-corrected chi connectivity index (χ1v) is 3.88. The van der Waals surface area contributed by atoms with Gasteiger partial charge in [-0.1, -0.05) is 6.92 Å². The molecule has 0 heterocycles. The fourth-order valence-corrected chi connectivity index (χ4v) is 0.774. The standard InChI is InChI=1S/C3H8O3S.H3NO/c1-2-3-7(4,5)6;1-2/h2-3H2,1H3,(H,4,5,6);2H,1H2. The lowest BCUT2D eigenvalue weighted by Gasteiger charge is -1.85. The van der Waals surface area contributed by atoms with Gasteiger partial charge in [0.15, 0.2) is 0 Å². The summed E-state index contributed by atoms with van der Waals surface area (Å²) in [5, 5.41) is 6.50. The molecule has 0 saturated heterocycles. The molecular weight excluding hydrogens is 146 g/mol. The fourth-order valence-electron chi connectivity index (χ4n) is 0.258. The van der Waals surface area contributed by atoms with E-state index in [1.54, 1.807) is 6.92 Å². The van der Waals surface area contributed by atoms with Crippen LogP contribution in [0.1, 0.15) is 13.3 Å². The first-order valence-electron chi connectivity index (χ1n) is 2.27. The Labute approximate surface area is 54.2 Å². The monoisotopic (exact) mass is 157 g/mol. The maximum absolute atomic E-state index is 9.79. The molecule has 4 N–H and O–H groups in total. The Hall–Kier alpha value is -0.170. The Balaban J connectivity index is 0. The van der Waals surface area contributed by atoms with Gasteiger partial charge >= 0.3 is 0 Å². The minimum absolute atomic E-state index is 0.132. The van der Waals surface area contributed by atoms with Crippen LogP contribution in [0.5, 0.6) is 0 Å². The lowest BCUT2D eigenvalue weighted by Crippen LogP contribution is -2.01. The summed E-state index contributed by atoms with van der Waals surface area (Å²) in [5.74, 6) is 3.37. The molecule has 0 aliphatic heterocycles. The van der Waals surface area contributed by atoms with Crippen molar-refractivity contribution in [3.05, 3.63) is 0 Å². The topological polar surface area (TPSA) is 101 Å². The van der Waals surface area contributed by atoms with Crippen LogP contribution < -0.4 is 5.90 Å². The van der Waals surface area contributed by atoms with E-state index in [1.165, 1.54) is 0 Å². The highest BCUT2D eigenvalue weighted by atomic mass is 32.2. The SMILES string of the molecule is CCCS(=O)(=O)O.NO. The van der Waals surface area contributed by atoms with E-state index in [2.05, 4.69) is 5.90 Å². The zero-order chi connectivity index (χ0) is 7.91. The van der Waals surface area contributed by atoms with Gasteiger partial charge in [-0.3, -0.25) is 4.55 Å². The Bertz CT molecular complexity index is 129. The summed E-state index contributed by atoms with van der Waals surface area (Å²) in [6.45, 7) is 1.69. The van der Waals surface area contributed by atoms with Crippen LogP contribution >= 0.6 is 0 Å². The Kier molecular flexibility index (Phi) is 7.68. The minimum Gasteiger partial charge on any atom is -0.320 e. The van der Waals surface area contributed by atoms with Crippen molar-refractivity contribution >= 4 is 10.1 Å². The Morgan fingerprint density at radius 1 is 1.44 bits per heavy atom. The largest absolute Gasteiger partial charge is 0.320 e. The van der Waals surface area contributed by atoms with E-state index in [9.17, 15) is 8.42 Å². The maximum Gasteiger partial charge on any atom is 0.264 e. The third-order valence-corrected chi connectivity index (χ3v) is 1.39. The predicted molar refractivity (Wildman–Crippen MR) is 32.7 cm³/mol. The van der Waals surface area contributed by atoms with Gasteiger partial charge in [-0.05, 0) is 6.42 Å². The molecule has 0 rings (SSSR count). The molecular formula is C3H11NO4S. The molecule has 0 spiro atoms. The van der Waals surface area contributed by atoms with Crippen LogP contribution in [0.4, 0.5) is 0 Å². The second-order valence-corrected chi connectivity index (χ2v) is 2.86. The summed E-state index contributed by atoms with van der Waals surface area (Å²) in [6.07, 6.45) is 0.471. The summed E-state index contributed by atoms with van der Waals surface area (Å²) >= 11 is 0. The summed E-state index contributed by atoms with van der Waals surface area (Å²) < 4.78 is 27.6. The molecule has 9 heavy (non-hydrogen) atoms. The Morgan fingerprint density at radius 3 is 1.78 bits per heavy atom. The van der Waals surface area contributed by atoms with E-state index in [4.69, 9.17) is 9.76 Å². The molecule has 0 aromatic heterocycles. The fraction of sp³-hybridized carbons (Fsp3) is 1.00. The molecule has 0 bridgehead atoms. The van der Waals surface area contributed by atoms with E-state index >= 15 is 0 Å². The number of hydrogen-bond acceptors (Lipinski definition) is 4. The van der Waals surface area contributed by atoms with Crippen molar-refractivity contribution in [2.24, 2.45) is 5.90 Å². The van der Waals surface area contributed by atoms with E-state index in [0.717, 1.165) is 0 Å². The number of hydrogen-bond donors (Lipinski definition) is 3. The molecule has 6 heteroatoms. The van der Waals surface area contributed by atoms with E-state index < -0.39 is 10.1 Å². The van der Waals surface area contributed by atoms with Gasteiger partial charge < -0.3 is 5.21 Å². The van der Waals surface area contributed by atoms with Crippen LogP contribution in [0.25, 0.3) is 0 Å². The van der Waals surface area contributed by atoms with Crippen molar-refractivity contribution < 1.29 is 18.2 Å². The molecule has 0 aliphatic rings. The number of nitrogens with two attached hydrogens (primary N) is 1. The van der Waals surface area contributed by atoms with Gasteiger partial charge in [0.1, 0.15) is 0 Å². The van der Waals surface area contributed by atoms with Gasteiger partial charge in [0.2, 0.25) is 0 Å². The van der Waals surface area contributed by atoms with Gasteiger partial charge in [-0.25, -0.2) is 5.90 Å². The summed E-state index contributed by atoms with van der Waals surface area (Å²) in [4.78, 5) is 0. The van der Waals surface area contributed by atoms with Gasteiger partial charge in [0.25, 0.3) is 10.1 Å². The summed E-state index contributed by atoms with van der Waals surface area (Å²) in [5.41, 5.74) is 0. The van der Waals surface area contributed by atoms with E-state index in [0.29, 0.717) is 6.42 Å². The highest BCUT2D eigenvalue weighted by molar-refractivity contribution is 7.85. The first-order chi connectivity index (χ1) is 4.06. The molecule has 0 aromatic carbocycles. The van der Waals surface area contributed by atoms with Crippen LogP contribution in [0, 0.1) is 0 Å². The molecule has 0 fully saturated rings. The third-order valence-electron chi connectivity index (χ3n) is 0.462. The number of rotatable bonds is 2. The van der Waals surface area contributed by atoms with Gasteiger partial charge in [0.05, 0.1) is 5.75 Å². The molecule has 0 atom stereocenters. The smallest absolute Gasteiger partial charge is 0.264 e. The lowest BCUT2D eigenvalue weighted by atomic mass is 10.6. The van der Waals surface area contributed by atoms with Gasteiger partial charge in [0, 0.05) is 0 Å². The first kappa shape index (κ1) is 11.6. The van der Waals surface area contributed by atoms with Crippen molar-refractivity contribution in [2.45, 2.75) is 13.3 Å². The second kappa shape index (κ2) is 5.96. The van der Waals surface area contributed by atoms with Crippen LogP contribution in [-0.4, -0.2) is 23.9 Å². The third kappa shape index (κ3) is 18.1. The molecule has 0 amide bonds. The molecule has 0 saturated carbocycles. The molecule has 0 aromatic rings. The maximum atomic E-state index is 9.79. The highest BCUT2D eigenvalue weighted by Crippen LogP contribution is 1.83. The van der Waals surface area contributed by atoms with Crippen LogP contribution in [0.2, 0.25) is 0 Å². The molecule has 0 aliphatic carbocycles. The van der Waals surface area contributed by atoms with Gasteiger partial charge in [-0.15, -0.1) is 0 Å². The quantitative estimate of drug-likeness (QED) is 0.374. The van der Waals surface area contributed by atoms with Gasteiger partial charge in [-0.2, -0.15) is 8.42 Å². The van der Waals surface area contributed by atoms with Crippen LogP contribution in [0.15, 0.2) is 0 Å². The summed E-state index contributed by atoms with van der Waals surface area (Å²) in [7, 11) is -3.67. The van der Waals surface area contributed by atoms with Crippen molar-refractivity contribution in [1.82, 2.24) is 0 Å². The molecule has 0 radical (unpaired) electrons. The molecule has 5 nitrogen and oxygen atoms in total. The highest BCUT2D eigenvalue weighted by Gasteiger charge is 1.98. The van der Waals surface area contributed by atoms with Crippen molar-refractivity contribution in [3.63, 3.8) is 0 Å². The van der Waals surface area contributed by atoms with Crippen molar-refractivity contribution in [1.29, 1.82) is 0 Å². The van der Waals surface area contributed by atoms with E-state index in [1.807, 2.05) is 0 Å². The summed E-state index contributed by atoms with van der Waals surface area (Å²) in [6, 6.07) is 0. The Morgan fingerprint density at radius 2 is 1.78 bits per heavy atom. The van der Waals surface area contributed by atoms with Crippen molar-refractivity contribution in [2.75, 3.05) is 5.75 Å². The van der Waals surface area contributed by atoms with Crippen LogP contribution in [0.3, 0.4) is 0 Å². The zero-order valence-electron chi connectivity index (χ0n) is 5.11.